The van der Waals surface area contributed by atoms with Crippen LogP contribution in [0.2, 0.25) is 12.1 Å². The molecule has 2 aromatic carbocycles. The summed E-state index contributed by atoms with van der Waals surface area (Å²) in [5.41, 5.74) is 5.57. The molecule has 0 atom stereocenters. The molecule has 0 fully saturated rings. The molecule has 0 bridgehead atoms. The van der Waals surface area contributed by atoms with Crippen molar-refractivity contribution in [3.8, 4) is 11.1 Å². The van der Waals surface area contributed by atoms with Gasteiger partial charge in [0.2, 0.25) is 0 Å². The molecule has 1 heterocycles. The van der Waals surface area contributed by atoms with E-state index in [1.807, 2.05) is 12.2 Å². The second kappa shape index (κ2) is 7.24. The van der Waals surface area contributed by atoms with Gasteiger partial charge in [0.05, 0.1) is 0 Å². The van der Waals surface area contributed by atoms with Gasteiger partial charge in [0.15, 0.2) is 0 Å². The van der Waals surface area contributed by atoms with Gasteiger partial charge in [-0.25, -0.2) is 0 Å². The summed E-state index contributed by atoms with van der Waals surface area (Å²) < 4.78 is 0. The Labute approximate surface area is 152 Å². The van der Waals surface area contributed by atoms with Gasteiger partial charge < -0.3 is 0 Å². The second-order valence-electron chi connectivity index (χ2n) is 6.92. The lowest BCUT2D eigenvalue weighted by molar-refractivity contribution is 1.45. The quantitative estimate of drug-likeness (QED) is 0.491. The van der Waals surface area contributed by atoms with E-state index < -0.39 is 8.07 Å². The molecule has 0 N–H and O–H groups in total. The van der Waals surface area contributed by atoms with Gasteiger partial charge in [0.1, 0.15) is 8.07 Å². The van der Waals surface area contributed by atoms with Crippen molar-refractivity contribution >= 4 is 18.4 Å². The minimum atomic E-state index is -1.88. The summed E-state index contributed by atoms with van der Waals surface area (Å²) in [6, 6.07) is 16.2. The van der Waals surface area contributed by atoms with Crippen LogP contribution < -0.4 is 10.4 Å². The number of allylic oxidation sites excluding steroid dienone is 6. The lowest BCUT2D eigenvalue weighted by Crippen LogP contribution is -2.54. The van der Waals surface area contributed by atoms with E-state index in [0.717, 1.165) is 12.1 Å². The van der Waals surface area contributed by atoms with Gasteiger partial charge in [-0.2, -0.15) is 0 Å². The average molecular weight is 343 g/mol. The number of rotatable bonds is 6. The third kappa shape index (κ3) is 3.12. The van der Waals surface area contributed by atoms with Gasteiger partial charge in [-0.1, -0.05) is 97.1 Å². The minimum Gasteiger partial charge on any atom is -0.0991 e. The number of benzene rings is 2. The number of aryl methyl sites for hydroxylation is 2. The summed E-state index contributed by atoms with van der Waals surface area (Å²) >= 11 is 0. The largest absolute Gasteiger partial charge is 0.127 e. The van der Waals surface area contributed by atoms with E-state index in [1.165, 1.54) is 22.3 Å². The van der Waals surface area contributed by atoms with E-state index in [-0.39, 0.29) is 0 Å². The van der Waals surface area contributed by atoms with Gasteiger partial charge in [-0.05, 0) is 47.4 Å². The van der Waals surface area contributed by atoms with Crippen molar-refractivity contribution in [2.75, 3.05) is 0 Å². The Kier molecular flexibility index (Phi) is 5.05. The van der Waals surface area contributed by atoms with Crippen LogP contribution in [-0.4, -0.2) is 8.07 Å². The molecule has 0 amide bonds. The van der Waals surface area contributed by atoms with Crippen LogP contribution in [0.1, 0.15) is 11.1 Å². The van der Waals surface area contributed by atoms with Crippen LogP contribution in [-0.2, 0) is 0 Å². The highest BCUT2D eigenvalue weighted by Gasteiger charge is 2.43. The molecule has 0 unspecified atom stereocenters. The smallest absolute Gasteiger partial charge is 0.0991 e. The van der Waals surface area contributed by atoms with Crippen LogP contribution in [0, 0.1) is 13.8 Å². The maximum atomic E-state index is 3.84. The number of hydrogen-bond donors (Lipinski definition) is 0. The Hall–Kier alpha value is -2.38. The van der Waals surface area contributed by atoms with Crippen LogP contribution in [0.25, 0.3) is 11.1 Å². The molecule has 0 spiro atoms. The van der Waals surface area contributed by atoms with Crippen molar-refractivity contribution in [2.24, 2.45) is 0 Å². The fourth-order valence-electron chi connectivity index (χ4n) is 3.98. The Bertz CT molecular complexity index is 794. The van der Waals surface area contributed by atoms with Crippen LogP contribution in [0.15, 0.2) is 86.0 Å². The van der Waals surface area contributed by atoms with Crippen LogP contribution in [0.3, 0.4) is 0 Å². The molecule has 126 valence electrons. The number of fused-ring (bicyclic) bond motifs is 3. The SMILES string of the molecule is C=C/C=C/C[Si]1(C/C=C/C=C)c2cc(C)ccc2-c2ccc(C)cc21. The van der Waals surface area contributed by atoms with E-state index in [9.17, 15) is 0 Å². The van der Waals surface area contributed by atoms with Gasteiger partial charge >= 0.3 is 0 Å². The van der Waals surface area contributed by atoms with E-state index in [2.05, 4.69) is 87.7 Å². The molecule has 3 rings (SSSR count). The first-order valence-corrected chi connectivity index (χ1v) is 11.3. The van der Waals surface area contributed by atoms with Gasteiger partial charge in [0.25, 0.3) is 0 Å². The van der Waals surface area contributed by atoms with Gasteiger partial charge in [-0.15, -0.1) is 0 Å². The molecule has 0 radical (unpaired) electrons. The lowest BCUT2D eigenvalue weighted by atomic mass is 10.0. The average Bonchev–Trinajstić information content (AvgIpc) is 2.85. The molecule has 0 saturated heterocycles. The first-order chi connectivity index (χ1) is 12.1. The summed E-state index contributed by atoms with van der Waals surface area (Å²) in [4.78, 5) is 0. The third-order valence-electron chi connectivity index (χ3n) is 5.15. The molecular formula is C24H26Si. The highest BCUT2D eigenvalue weighted by Crippen LogP contribution is 2.34. The Balaban J connectivity index is 2.26. The third-order valence-corrected chi connectivity index (χ3v) is 9.90. The maximum Gasteiger partial charge on any atom is 0.127 e. The standard InChI is InChI=1S/C24H26Si/c1-5-7-9-15-25(16-10-8-6-2)23-17-19(3)11-13-21(23)22-14-12-20(4)18-24(22)25/h5-14,17-18H,1-2,15-16H2,3-4H3/b9-7+,10-8+. The molecule has 1 heteroatoms. The summed E-state index contributed by atoms with van der Waals surface area (Å²) in [6.45, 7) is 12.1. The van der Waals surface area contributed by atoms with E-state index >= 15 is 0 Å². The molecule has 2 aromatic rings. The van der Waals surface area contributed by atoms with Crippen LogP contribution in [0.4, 0.5) is 0 Å². The number of hydrogen-bond acceptors (Lipinski definition) is 0. The predicted octanol–water partition coefficient (Wildman–Crippen LogP) is 5.33. The zero-order valence-corrected chi connectivity index (χ0v) is 16.3. The second-order valence-corrected chi connectivity index (χ2v) is 11.0. The van der Waals surface area contributed by atoms with E-state index in [1.54, 1.807) is 10.4 Å². The highest BCUT2D eigenvalue weighted by atomic mass is 28.3. The van der Waals surface area contributed by atoms with Crippen molar-refractivity contribution in [2.45, 2.75) is 25.9 Å². The van der Waals surface area contributed by atoms with E-state index in [0.29, 0.717) is 0 Å². The molecule has 1 aliphatic rings. The van der Waals surface area contributed by atoms with Crippen molar-refractivity contribution in [1.82, 2.24) is 0 Å². The normalized spacial score (nSPS) is 14.6. The van der Waals surface area contributed by atoms with Crippen molar-refractivity contribution in [1.29, 1.82) is 0 Å². The molecule has 0 saturated carbocycles. The summed E-state index contributed by atoms with van der Waals surface area (Å²) in [6.07, 6.45) is 12.6. The fourth-order valence-corrected chi connectivity index (χ4v) is 8.87. The fraction of sp³-hybridized carbons (Fsp3) is 0.167. The van der Waals surface area contributed by atoms with Crippen molar-refractivity contribution < 1.29 is 0 Å². The van der Waals surface area contributed by atoms with E-state index in [4.69, 9.17) is 0 Å². The van der Waals surface area contributed by atoms with Crippen LogP contribution in [0.5, 0.6) is 0 Å². The van der Waals surface area contributed by atoms with Gasteiger partial charge in [-0.3, -0.25) is 0 Å². The highest BCUT2D eigenvalue weighted by molar-refractivity contribution is 7.06. The molecule has 0 aromatic heterocycles. The zero-order chi connectivity index (χ0) is 17.9. The topological polar surface area (TPSA) is 0 Å². The molecule has 25 heavy (non-hydrogen) atoms. The van der Waals surface area contributed by atoms with Crippen molar-refractivity contribution in [3.63, 3.8) is 0 Å². The molecular weight excluding hydrogens is 316 g/mol. The molecule has 0 nitrogen and oxygen atoms in total. The first kappa shape index (κ1) is 17.4. The predicted molar refractivity (Wildman–Crippen MR) is 115 cm³/mol. The van der Waals surface area contributed by atoms with Crippen LogP contribution >= 0.6 is 0 Å². The monoisotopic (exact) mass is 342 g/mol. The summed E-state index contributed by atoms with van der Waals surface area (Å²) in [5.74, 6) is 0. The zero-order valence-electron chi connectivity index (χ0n) is 15.3. The minimum absolute atomic E-state index is 1.10. The molecule has 0 aliphatic carbocycles. The summed E-state index contributed by atoms with van der Waals surface area (Å²) in [7, 11) is -1.88. The first-order valence-electron chi connectivity index (χ1n) is 8.90. The van der Waals surface area contributed by atoms with Crippen molar-refractivity contribution in [3.05, 3.63) is 97.1 Å². The Morgan fingerprint density at radius 2 is 1.20 bits per heavy atom. The summed E-state index contributed by atoms with van der Waals surface area (Å²) in [5, 5.41) is 3.16. The Morgan fingerprint density at radius 1 is 0.760 bits per heavy atom. The van der Waals surface area contributed by atoms with Gasteiger partial charge in [0, 0.05) is 0 Å². The maximum absolute atomic E-state index is 3.84. The Morgan fingerprint density at radius 3 is 1.60 bits per heavy atom. The lowest BCUT2D eigenvalue weighted by Gasteiger charge is -2.28. The molecule has 1 aliphatic heterocycles.